The molecule has 0 bridgehead atoms. The third kappa shape index (κ3) is 0.922. The van der Waals surface area contributed by atoms with Gasteiger partial charge in [-0.1, -0.05) is 0 Å². The highest BCUT2D eigenvalue weighted by Gasteiger charge is 1.97. The first kappa shape index (κ1) is 5.01. The topological polar surface area (TPSA) is 31.0 Å². The molecule has 0 saturated heterocycles. The number of nitrogens with one attached hydrogen (secondary N) is 1. The molecule has 2 heteroatoms. The van der Waals surface area contributed by atoms with Crippen LogP contribution in [0.25, 0.3) is 0 Å². The molecule has 0 atom stereocenters. The zero-order valence-electron chi connectivity index (χ0n) is 4.35. The van der Waals surface area contributed by atoms with Gasteiger partial charge in [-0.15, -0.1) is 0 Å². The number of hydrogen-bond donors (Lipinski definition) is 1. The quantitative estimate of drug-likeness (QED) is 0.389. The molecular formula is C6H6NO+. The first-order valence-corrected chi connectivity index (χ1v) is 2.42. The Hall–Kier alpha value is -1.14. The molecule has 0 aromatic carbocycles. The molecule has 1 heterocycles. The van der Waals surface area contributed by atoms with E-state index in [0.717, 1.165) is 0 Å². The molecule has 1 N–H and O–H groups in total. The summed E-state index contributed by atoms with van der Waals surface area (Å²) in [6.45, 7) is 0. The Morgan fingerprint density at radius 2 is 2.62 bits per heavy atom. The standard InChI is InChI=1S/C6H5NO/c8-5-6-2-1-3-7-4-6/h1,3-4H,2H2/p+1. The smallest absolute Gasteiger partial charge is 0.181 e. The normalized spacial score (nSPS) is 16.2. The van der Waals surface area contributed by atoms with Crippen molar-refractivity contribution < 1.29 is 9.79 Å². The van der Waals surface area contributed by atoms with Crippen molar-refractivity contribution >= 4 is 12.2 Å². The van der Waals surface area contributed by atoms with E-state index in [1.54, 1.807) is 18.4 Å². The van der Waals surface area contributed by atoms with Gasteiger partial charge >= 0.3 is 0 Å². The molecule has 0 aromatic heterocycles. The monoisotopic (exact) mass is 108 g/mol. The lowest BCUT2D eigenvalue weighted by Gasteiger charge is -1.85. The maximum atomic E-state index is 9.89. The molecule has 0 radical (unpaired) electrons. The Morgan fingerprint density at radius 1 is 1.75 bits per heavy atom. The highest BCUT2D eigenvalue weighted by atomic mass is 16.1. The van der Waals surface area contributed by atoms with E-state index in [-0.39, 0.29) is 0 Å². The lowest BCUT2D eigenvalue weighted by Crippen LogP contribution is -2.62. The van der Waals surface area contributed by atoms with Gasteiger partial charge in [-0.05, 0) is 6.08 Å². The zero-order valence-corrected chi connectivity index (χ0v) is 4.35. The van der Waals surface area contributed by atoms with Gasteiger partial charge < -0.3 is 0 Å². The predicted octanol–water partition coefficient (Wildman–Crippen LogP) is -1.19. The largest absolute Gasteiger partial charge is 0.233 e. The summed E-state index contributed by atoms with van der Waals surface area (Å²) in [5.41, 5.74) is 0.674. The van der Waals surface area contributed by atoms with Gasteiger partial charge in [0.15, 0.2) is 12.4 Å². The lowest BCUT2D eigenvalue weighted by molar-refractivity contribution is -0.367. The molecule has 0 spiro atoms. The van der Waals surface area contributed by atoms with Crippen molar-refractivity contribution in [1.82, 2.24) is 0 Å². The van der Waals surface area contributed by atoms with Crippen LogP contribution in [0, 0.1) is 0 Å². The maximum Gasteiger partial charge on any atom is 0.181 e. The fraction of sp³-hybridized carbons (Fsp3) is 0.167. The summed E-state index contributed by atoms with van der Waals surface area (Å²) in [5.74, 6) is 1.80. The van der Waals surface area contributed by atoms with Gasteiger partial charge in [0, 0.05) is 6.42 Å². The molecular weight excluding hydrogens is 102 g/mol. The first-order chi connectivity index (χ1) is 3.93. The van der Waals surface area contributed by atoms with Crippen LogP contribution in [0.5, 0.6) is 0 Å². The Bertz CT molecular complexity index is 185. The van der Waals surface area contributed by atoms with Crippen LogP contribution in [0.2, 0.25) is 0 Å². The van der Waals surface area contributed by atoms with Crippen LogP contribution in [0.15, 0.2) is 17.8 Å². The average molecular weight is 108 g/mol. The van der Waals surface area contributed by atoms with Crippen molar-refractivity contribution in [3.63, 3.8) is 0 Å². The minimum absolute atomic E-state index is 0.674. The van der Waals surface area contributed by atoms with Gasteiger partial charge in [-0.25, -0.2) is 9.79 Å². The molecule has 1 aliphatic heterocycles. The Labute approximate surface area is 47.2 Å². The van der Waals surface area contributed by atoms with Crippen LogP contribution in [-0.2, 0) is 4.79 Å². The van der Waals surface area contributed by atoms with E-state index in [4.69, 9.17) is 0 Å². The van der Waals surface area contributed by atoms with Gasteiger partial charge in [0.2, 0.25) is 0 Å². The Morgan fingerprint density at radius 3 is 3.00 bits per heavy atom. The third-order valence-corrected chi connectivity index (χ3v) is 0.940. The number of hydrogen-bond acceptors (Lipinski definition) is 1. The van der Waals surface area contributed by atoms with Gasteiger partial charge in [-0.3, -0.25) is 0 Å². The van der Waals surface area contributed by atoms with Crippen LogP contribution in [0.4, 0.5) is 0 Å². The highest BCUT2D eigenvalue weighted by molar-refractivity contribution is 5.86. The molecule has 0 aliphatic carbocycles. The molecule has 0 unspecified atom stereocenters. The Kier molecular flexibility index (Phi) is 1.40. The highest BCUT2D eigenvalue weighted by Crippen LogP contribution is 1.91. The molecule has 0 aromatic rings. The van der Waals surface area contributed by atoms with Crippen LogP contribution in [-0.4, -0.2) is 12.2 Å². The van der Waals surface area contributed by atoms with Gasteiger partial charge in [-0.2, -0.15) is 0 Å². The van der Waals surface area contributed by atoms with E-state index in [1.807, 2.05) is 6.08 Å². The number of carbonyl (C=O) groups excluding carboxylic acids is 1. The molecule has 0 fully saturated rings. The lowest BCUT2D eigenvalue weighted by atomic mass is 10.2. The van der Waals surface area contributed by atoms with E-state index >= 15 is 0 Å². The van der Waals surface area contributed by atoms with Crippen LogP contribution >= 0.6 is 0 Å². The first-order valence-electron chi connectivity index (χ1n) is 2.42. The molecule has 0 saturated carbocycles. The van der Waals surface area contributed by atoms with Gasteiger partial charge in [0.05, 0.1) is 0 Å². The maximum absolute atomic E-state index is 9.89. The van der Waals surface area contributed by atoms with Crippen LogP contribution < -0.4 is 4.99 Å². The zero-order chi connectivity index (χ0) is 5.82. The van der Waals surface area contributed by atoms with Crippen molar-refractivity contribution in [3.8, 4) is 0 Å². The van der Waals surface area contributed by atoms with Crippen molar-refractivity contribution in [2.24, 2.45) is 0 Å². The summed E-state index contributed by atoms with van der Waals surface area (Å²) in [5, 5.41) is 0. The van der Waals surface area contributed by atoms with Crippen molar-refractivity contribution in [2.75, 3.05) is 0 Å². The summed E-state index contributed by atoms with van der Waals surface area (Å²) in [7, 11) is 0. The minimum Gasteiger partial charge on any atom is -0.233 e. The predicted molar refractivity (Wildman–Crippen MR) is 30.0 cm³/mol. The second-order valence-electron chi connectivity index (χ2n) is 1.54. The SMILES string of the molecule is O=C=C1C=[NH+]C=CC1. The minimum atomic E-state index is 0.674. The molecule has 0 amide bonds. The molecule has 40 valence electrons. The average Bonchev–Trinajstić information content (AvgIpc) is 1.90. The molecule has 1 rings (SSSR count). The Balaban J connectivity index is 2.80. The van der Waals surface area contributed by atoms with Crippen molar-refractivity contribution in [3.05, 3.63) is 17.8 Å². The number of allylic oxidation sites excluding steroid dienone is 2. The van der Waals surface area contributed by atoms with E-state index in [2.05, 4.69) is 4.99 Å². The molecule has 8 heavy (non-hydrogen) atoms. The fourth-order valence-electron chi connectivity index (χ4n) is 0.533. The second kappa shape index (κ2) is 2.24. The third-order valence-electron chi connectivity index (χ3n) is 0.940. The molecule has 2 nitrogen and oxygen atoms in total. The second-order valence-corrected chi connectivity index (χ2v) is 1.54. The summed E-state index contributed by atoms with van der Waals surface area (Å²) in [6.07, 6.45) is 6.02. The van der Waals surface area contributed by atoms with E-state index in [1.165, 1.54) is 0 Å². The number of rotatable bonds is 0. The summed E-state index contributed by atoms with van der Waals surface area (Å²) in [4.78, 5) is 12.7. The van der Waals surface area contributed by atoms with Crippen LogP contribution in [0.3, 0.4) is 0 Å². The van der Waals surface area contributed by atoms with Gasteiger partial charge in [0.25, 0.3) is 0 Å². The molecule has 1 aliphatic rings. The van der Waals surface area contributed by atoms with E-state index in [0.29, 0.717) is 12.0 Å². The summed E-state index contributed by atoms with van der Waals surface area (Å²) in [6, 6.07) is 0. The van der Waals surface area contributed by atoms with E-state index < -0.39 is 0 Å². The fourth-order valence-corrected chi connectivity index (χ4v) is 0.533. The van der Waals surface area contributed by atoms with Gasteiger partial charge in [0.1, 0.15) is 11.5 Å². The van der Waals surface area contributed by atoms with E-state index in [9.17, 15) is 4.79 Å². The van der Waals surface area contributed by atoms with Crippen LogP contribution in [0.1, 0.15) is 6.42 Å². The van der Waals surface area contributed by atoms with Crippen molar-refractivity contribution in [2.45, 2.75) is 6.42 Å². The summed E-state index contributed by atoms with van der Waals surface area (Å²) < 4.78 is 0. The summed E-state index contributed by atoms with van der Waals surface area (Å²) >= 11 is 0. The van der Waals surface area contributed by atoms with Crippen molar-refractivity contribution in [1.29, 1.82) is 0 Å².